The molecule has 0 saturated heterocycles. The number of hydrogen-bond acceptors (Lipinski definition) is 7. The topological polar surface area (TPSA) is 112 Å². The highest BCUT2D eigenvalue weighted by Crippen LogP contribution is 2.32. The zero-order valence-electron chi connectivity index (χ0n) is 18.7. The van der Waals surface area contributed by atoms with E-state index < -0.39 is 16.1 Å². The number of hydrogen-bond donors (Lipinski definition) is 1. The third-order valence-corrected chi connectivity index (χ3v) is 6.10. The van der Waals surface area contributed by atoms with Crippen LogP contribution in [0.25, 0.3) is 17.1 Å². The van der Waals surface area contributed by atoms with E-state index in [-0.39, 0.29) is 17.2 Å². The summed E-state index contributed by atoms with van der Waals surface area (Å²) in [6, 6.07) is 19.2. The van der Waals surface area contributed by atoms with Gasteiger partial charge in [-0.25, -0.2) is 4.39 Å². The van der Waals surface area contributed by atoms with Gasteiger partial charge >= 0.3 is 0 Å². The predicted octanol–water partition coefficient (Wildman–Crippen LogP) is 5.11. The van der Waals surface area contributed by atoms with E-state index in [0.29, 0.717) is 22.3 Å². The molecule has 0 bridgehead atoms. The van der Waals surface area contributed by atoms with Crippen LogP contribution in [0.3, 0.4) is 0 Å². The molecule has 0 aliphatic heterocycles. The zero-order chi connectivity index (χ0) is 24.9. The summed E-state index contributed by atoms with van der Waals surface area (Å²) < 4.78 is 20.5. The fourth-order valence-electron chi connectivity index (χ4n) is 3.30. The molecule has 0 spiro atoms. The van der Waals surface area contributed by atoms with Crippen molar-refractivity contribution >= 4 is 29.0 Å². The second-order valence-electron chi connectivity index (χ2n) is 7.38. The lowest BCUT2D eigenvalue weighted by Gasteiger charge is -2.15. The maximum Gasteiger partial charge on any atom is 0.271 e. The van der Waals surface area contributed by atoms with Gasteiger partial charge in [0.05, 0.1) is 23.0 Å². The van der Waals surface area contributed by atoms with E-state index in [1.807, 2.05) is 30.3 Å². The van der Waals surface area contributed by atoms with Crippen LogP contribution in [-0.2, 0) is 4.79 Å². The quantitative estimate of drug-likeness (QED) is 0.206. The number of benzene rings is 3. The molecule has 0 aliphatic carbocycles. The van der Waals surface area contributed by atoms with Gasteiger partial charge < -0.3 is 10.1 Å². The van der Waals surface area contributed by atoms with Crippen molar-refractivity contribution in [3.8, 4) is 22.8 Å². The van der Waals surface area contributed by atoms with Crippen LogP contribution < -0.4 is 10.1 Å². The van der Waals surface area contributed by atoms with E-state index in [1.54, 1.807) is 23.6 Å². The first-order valence-electron chi connectivity index (χ1n) is 10.4. The lowest BCUT2D eigenvalue weighted by atomic mass is 10.2. The number of nitro groups is 1. The van der Waals surface area contributed by atoms with Crippen molar-refractivity contribution in [3.05, 3.63) is 88.7 Å². The Labute approximate surface area is 204 Å². The van der Waals surface area contributed by atoms with Crippen LogP contribution in [0.4, 0.5) is 15.8 Å². The minimum Gasteiger partial charge on any atom is -0.495 e. The number of nitrogens with zero attached hydrogens (tertiary/aromatic N) is 4. The number of anilines is 1. The number of halogens is 1. The van der Waals surface area contributed by atoms with Crippen LogP contribution >= 0.6 is 11.8 Å². The summed E-state index contributed by atoms with van der Waals surface area (Å²) in [5.74, 6) is 0.0228. The van der Waals surface area contributed by atoms with Crippen LogP contribution in [-0.4, -0.2) is 38.0 Å². The highest BCUT2D eigenvalue weighted by atomic mass is 32.2. The van der Waals surface area contributed by atoms with Crippen LogP contribution in [0.1, 0.15) is 6.92 Å². The Hall–Kier alpha value is -4.25. The second-order valence-corrected chi connectivity index (χ2v) is 8.68. The van der Waals surface area contributed by atoms with Gasteiger partial charge in [-0.1, -0.05) is 30.0 Å². The molecule has 0 saturated carbocycles. The van der Waals surface area contributed by atoms with Crippen molar-refractivity contribution in [2.75, 3.05) is 12.4 Å². The van der Waals surface area contributed by atoms with Gasteiger partial charge in [-0.3, -0.25) is 19.5 Å². The number of methoxy groups -OCH3 is 1. The largest absolute Gasteiger partial charge is 0.495 e. The van der Waals surface area contributed by atoms with E-state index in [1.165, 1.54) is 37.4 Å². The molecule has 9 nitrogen and oxygen atoms in total. The highest BCUT2D eigenvalue weighted by molar-refractivity contribution is 8.00. The van der Waals surface area contributed by atoms with Gasteiger partial charge in [-0.05, 0) is 49.4 Å². The van der Waals surface area contributed by atoms with Gasteiger partial charge in [0.15, 0.2) is 11.0 Å². The Morgan fingerprint density at radius 1 is 1.11 bits per heavy atom. The second kappa shape index (κ2) is 10.3. The minimum atomic E-state index is -0.647. The minimum absolute atomic E-state index is 0.172. The molecule has 0 radical (unpaired) electrons. The number of carbonyl (C=O) groups excluding carboxylic acids is 1. The molecule has 178 valence electrons. The summed E-state index contributed by atoms with van der Waals surface area (Å²) in [5.41, 5.74) is 1.45. The molecule has 0 aliphatic rings. The lowest BCUT2D eigenvalue weighted by molar-refractivity contribution is -0.384. The van der Waals surface area contributed by atoms with Gasteiger partial charge in [0.25, 0.3) is 5.69 Å². The number of carbonyl (C=O) groups is 1. The maximum atomic E-state index is 13.5. The fourth-order valence-corrected chi connectivity index (χ4v) is 4.16. The van der Waals surface area contributed by atoms with E-state index in [0.717, 1.165) is 17.4 Å². The molecule has 0 fully saturated rings. The number of non-ortho nitro benzene ring substituents is 1. The number of amides is 1. The van der Waals surface area contributed by atoms with Crippen molar-refractivity contribution in [3.63, 3.8) is 0 Å². The van der Waals surface area contributed by atoms with Gasteiger partial charge in [-0.2, -0.15) is 0 Å². The monoisotopic (exact) mass is 493 g/mol. The Morgan fingerprint density at radius 3 is 2.49 bits per heavy atom. The van der Waals surface area contributed by atoms with E-state index >= 15 is 0 Å². The van der Waals surface area contributed by atoms with Crippen molar-refractivity contribution in [1.29, 1.82) is 0 Å². The first-order chi connectivity index (χ1) is 16.9. The number of rotatable bonds is 8. The van der Waals surface area contributed by atoms with Crippen molar-refractivity contribution in [2.45, 2.75) is 17.3 Å². The number of aromatic nitrogens is 3. The number of nitrogens with one attached hydrogen (secondary N) is 1. The molecule has 11 heteroatoms. The van der Waals surface area contributed by atoms with Crippen molar-refractivity contribution < 1.29 is 18.8 Å². The van der Waals surface area contributed by atoms with Crippen molar-refractivity contribution in [1.82, 2.24) is 14.8 Å². The molecule has 1 aromatic heterocycles. The molecule has 1 amide bonds. The average Bonchev–Trinajstić information content (AvgIpc) is 3.28. The molecule has 4 rings (SSSR count). The Balaban J connectivity index is 1.63. The van der Waals surface area contributed by atoms with Crippen LogP contribution in [0.5, 0.6) is 5.75 Å². The van der Waals surface area contributed by atoms with Crippen LogP contribution in [0.2, 0.25) is 0 Å². The number of para-hydroxylation sites is 1. The molecular formula is C24H20FN5O4S. The summed E-state index contributed by atoms with van der Waals surface area (Å²) in [5, 5.41) is 22.2. The fraction of sp³-hybridized carbons (Fsp3) is 0.125. The average molecular weight is 494 g/mol. The predicted molar refractivity (Wildman–Crippen MR) is 130 cm³/mol. The SMILES string of the molecule is COc1ccc([N+](=O)[O-])cc1NC(=O)C(C)Sc1nnc(-c2ccc(F)cc2)n1-c1ccccc1. The number of thioether (sulfide) groups is 1. The molecule has 1 heterocycles. The molecular weight excluding hydrogens is 473 g/mol. The summed E-state index contributed by atoms with van der Waals surface area (Å²) in [6.45, 7) is 1.69. The maximum absolute atomic E-state index is 13.5. The summed E-state index contributed by atoms with van der Waals surface area (Å²) in [6.07, 6.45) is 0. The lowest BCUT2D eigenvalue weighted by Crippen LogP contribution is -2.23. The Kier molecular flexibility index (Phi) is 7.06. The van der Waals surface area contributed by atoms with E-state index in [2.05, 4.69) is 15.5 Å². The summed E-state index contributed by atoms with van der Waals surface area (Å²) in [7, 11) is 1.41. The Bertz CT molecular complexity index is 1360. The smallest absolute Gasteiger partial charge is 0.271 e. The zero-order valence-corrected chi connectivity index (χ0v) is 19.5. The van der Waals surface area contributed by atoms with Crippen LogP contribution in [0.15, 0.2) is 78.0 Å². The summed E-state index contributed by atoms with van der Waals surface area (Å²) >= 11 is 1.16. The highest BCUT2D eigenvalue weighted by Gasteiger charge is 2.23. The number of nitro benzene ring substituents is 1. The van der Waals surface area contributed by atoms with E-state index in [9.17, 15) is 19.3 Å². The van der Waals surface area contributed by atoms with Crippen LogP contribution in [0, 0.1) is 15.9 Å². The molecule has 1 unspecified atom stereocenters. The third kappa shape index (κ3) is 5.30. The Morgan fingerprint density at radius 2 is 1.83 bits per heavy atom. The van der Waals surface area contributed by atoms with Crippen molar-refractivity contribution in [2.24, 2.45) is 0 Å². The van der Waals surface area contributed by atoms with Gasteiger partial charge in [0.2, 0.25) is 5.91 Å². The molecule has 35 heavy (non-hydrogen) atoms. The van der Waals surface area contributed by atoms with E-state index in [4.69, 9.17) is 4.74 Å². The van der Waals surface area contributed by atoms with Gasteiger partial charge in [-0.15, -0.1) is 10.2 Å². The number of ether oxygens (including phenoxy) is 1. The summed E-state index contributed by atoms with van der Waals surface area (Å²) in [4.78, 5) is 23.6. The first kappa shape index (κ1) is 23.9. The third-order valence-electron chi connectivity index (χ3n) is 5.05. The standard InChI is InChI=1S/C24H20FN5O4S/c1-15(23(31)26-20-14-19(30(32)33)12-13-21(20)34-2)35-24-28-27-22(16-8-10-17(25)11-9-16)29(24)18-6-4-3-5-7-18/h3-15H,1-2H3,(H,26,31). The molecule has 1 atom stereocenters. The molecule has 3 aromatic carbocycles. The normalized spacial score (nSPS) is 11.6. The molecule has 4 aromatic rings. The molecule has 1 N–H and O–H groups in total. The van der Waals surface area contributed by atoms with Gasteiger partial charge in [0.1, 0.15) is 11.6 Å². The van der Waals surface area contributed by atoms with Gasteiger partial charge in [0, 0.05) is 23.4 Å². The first-order valence-corrected chi connectivity index (χ1v) is 11.3.